The molecule has 8 heteroatoms. The number of hydrogen-bond donors (Lipinski definition) is 1. The van der Waals surface area contributed by atoms with Crippen LogP contribution in [0.25, 0.3) is 0 Å². The first-order chi connectivity index (χ1) is 14.6. The number of thiazole rings is 1. The molecule has 2 amide bonds. The molecule has 1 aliphatic rings. The number of halogens is 1. The number of anilines is 1. The van der Waals surface area contributed by atoms with Crippen molar-refractivity contribution in [2.24, 2.45) is 0 Å². The van der Waals surface area contributed by atoms with Crippen molar-refractivity contribution in [1.82, 2.24) is 9.88 Å². The zero-order valence-corrected chi connectivity index (χ0v) is 17.0. The Labute approximate surface area is 177 Å². The van der Waals surface area contributed by atoms with Crippen LogP contribution in [-0.2, 0) is 6.61 Å². The number of aromatic nitrogens is 1. The van der Waals surface area contributed by atoms with E-state index in [1.165, 1.54) is 35.6 Å². The largest absolute Gasteiger partial charge is 0.486 e. The lowest BCUT2D eigenvalue weighted by Crippen LogP contribution is -2.27. The summed E-state index contributed by atoms with van der Waals surface area (Å²) in [5.74, 6) is -0.112. The molecule has 1 saturated heterocycles. The SMILES string of the molecule is O=C(Nc1ccc(C(=O)N2CCCC2)cc1)c1csc(COc2ccc(F)cc2)n1. The zero-order valence-electron chi connectivity index (χ0n) is 16.1. The van der Waals surface area contributed by atoms with Crippen LogP contribution in [0.5, 0.6) is 5.75 Å². The fourth-order valence-corrected chi connectivity index (χ4v) is 3.84. The number of carbonyl (C=O) groups excluding carboxylic acids is 2. The van der Waals surface area contributed by atoms with Crippen molar-refractivity contribution in [3.05, 3.63) is 76.0 Å². The van der Waals surface area contributed by atoms with Crippen molar-refractivity contribution >= 4 is 28.8 Å². The van der Waals surface area contributed by atoms with E-state index in [2.05, 4.69) is 10.3 Å². The Morgan fingerprint density at radius 1 is 1.07 bits per heavy atom. The first-order valence-corrected chi connectivity index (χ1v) is 10.5. The van der Waals surface area contributed by atoms with E-state index in [1.54, 1.807) is 29.6 Å². The first-order valence-electron chi connectivity index (χ1n) is 9.62. The lowest BCUT2D eigenvalue weighted by molar-refractivity contribution is 0.0792. The third-order valence-electron chi connectivity index (χ3n) is 4.74. The zero-order chi connectivity index (χ0) is 20.9. The van der Waals surface area contributed by atoms with E-state index in [9.17, 15) is 14.0 Å². The topological polar surface area (TPSA) is 71.5 Å². The number of hydrogen-bond acceptors (Lipinski definition) is 5. The molecule has 1 aliphatic heterocycles. The Kier molecular flexibility index (Phi) is 6.04. The molecule has 6 nitrogen and oxygen atoms in total. The Balaban J connectivity index is 1.32. The molecule has 30 heavy (non-hydrogen) atoms. The Bertz CT molecular complexity index is 1030. The van der Waals surface area contributed by atoms with E-state index < -0.39 is 0 Å². The lowest BCUT2D eigenvalue weighted by atomic mass is 10.2. The molecule has 1 aromatic heterocycles. The number of nitrogens with one attached hydrogen (secondary N) is 1. The minimum atomic E-state index is -0.335. The molecule has 0 bridgehead atoms. The Morgan fingerprint density at radius 2 is 1.77 bits per heavy atom. The van der Waals surface area contributed by atoms with Crippen molar-refractivity contribution in [2.75, 3.05) is 18.4 Å². The van der Waals surface area contributed by atoms with Crippen LogP contribution in [-0.4, -0.2) is 34.8 Å². The van der Waals surface area contributed by atoms with Gasteiger partial charge in [0.25, 0.3) is 11.8 Å². The van der Waals surface area contributed by atoms with E-state index in [1.807, 2.05) is 4.90 Å². The molecule has 0 spiro atoms. The van der Waals surface area contributed by atoms with Gasteiger partial charge in [0.2, 0.25) is 0 Å². The highest BCUT2D eigenvalue weighted by molar-refractivity contribution is 7.09. The summed E-state index contributed by atoms with van der Waals surface area (Å²) in [6, 6.07) is 12.6. The van der Waals surface area contributed by atoms with Gasteiger partial charge in [-0.25, -0.2) is 9.37 Å². The number of benzene rings is 2. The summed E-state index contributed by atoms with van der Waals surface area (Å²) >= 11 is 1.31. The molecule has 0 atom stereocenters. The minimum absolute atomic E-state index is 0.0238. The van der Waals surface area contributed by atoms with E-state index in [4.69, 9.17) is 4.74 Å². The van der Waals surface area contributed by atoms with Crippen LogP contribution in [0.1, 0.15) is 38.7 Å². The van der Waals surface area contributed by atoms with Crippen LogP contribution in [0.15, 0.2) is 53.9 Å². The van der Waals surface area contributed by atoms with Gasteiger partial charge < -0.3 is 15.0 Å². The molecule has 0 aliphatic carbocycles. The average Bonchev–Trinajstić information content (AvgIpc) is 3.46. The number of likely N-dealkylation sites (tertiary alicyclic amines) is 1. The van der Waals surface area contributed by atoms with Crippen LogP contribution in [0, 0.1) is 5.82 Å². The normalized spacial score (nSPS) is 13.3. The second-order valence-corrected chi connectivity index (χ2v) is 7.84. The molecule has 3 aromatic rings. The van der Waals surface area contributed by atoms with Gasteiger partial charge in [0.1, 0.15) is 28.9 Å². The first kappa shape index (κ1) is 20.0. The maximum atomic E-state index is 12.9. The number of nitrogens with zero attached hydrogens (tertiary/aromatic N) is 2. The van der Waals surface area contributed by atoms with Gasteiger partial charge in [-0.3, -0.25) is 9.59 Å². The summed E-state index contributed by atoms with van der Waals surface area (Å²) in [6.45, 7) is 1.79. The molecule has 1 N–H and O–H groups in total. The number of rotatable bonds is 6. The molecule has 0 saturated carbocycles. The molecule has 1 fully saturated rings. The fourth-order valence-electron chi connectivity index (χ4n) is 3.15. The highest BCUT2D eigenvalue weighted by atomic mass is 32.1. The second-order valence-electron chi connectivity index (χ2n) is 6.90. The summed E-state index contributed by atoms with van der Waals surface area (Å²) in [5, 5.41) is 5.08. The third kappa shape index (κ3) is 4.83. The molecule has 2 aromatic carbocycles. The summed E-state index contributed by atoms with van der Waals surface area (Å²) in [7, 11) is 0. The summed E-state index contributed by atoms with van der Waals surface area (Å²) in [4.78, 5) is 31.0. The molecular formula is C22H20FN3O3S. The highest BCUT2D eigenvalue weighted by Gasteiger charge is 2.19. The predicted octanol–water partition coefficient (Wildman–Crippen LogP) is 4.35. The molecule has 0 unspecified atom stereocenters. The standard InChI is InChI=1S/C22H20FN3O3S/c23-16-5-9-18(10-6-16)29-13-20-25-19(14-30-20)21(27)24-17-7-3-15(4-8-17)22(28)26-11-1-2-12-26/h3-10,14H,1-2,11-13H2,(H,24,27). The average molecular weight is 425 g/mol. The smallest absolute Gasteiger partial charge is 0.275 e. The molecule has 154 valence electrons. The maximum absolute atomic E-state index is 12.9. The number of carbonyl (C=O) groups is 2. The quantitative estimate of drug-likeness (QED) is 0.637. The van der Waals surface area contributed by atoms with Crippen molar-refractivity contribution in [1.29, 1.82) is 0 Å². The summed E-state index contributed by atoms with van der Waals surface area (Å²) < 4.78 is 18.5. The van der Waals surface area contributed by atoms with E-state index in [-0.39, 0.29) is 29.9 Å². The Morgan fingerprint density at radius 3 is 2.47 bits per heavy atom. The molecule has 2 heterocycles. The molecule has 0 radical (unpaired) electrons. The number of amides is 2. The number of ether oxygens (including phenoxy) is 1. The van der Waals surface area contributed by atoms with E-state index in [0.29, 0.717) is 22.0 Å². The van der Waals surface area contributed by atoms with Gasteiger partial charge in [-0.2, -0.15) is 0 Å². The van der Waals surface area contributed by atoms with Crippen molar-refractivity contribution in [3.8, 4) is 5.75 Å². The monoisotopic (exact) mass is 425 g/mol. The van der Waals surface area contributed by atoms with Crippen LogP contribution in [0.2, 0.25) is 0 Å². The van der Waals surface area contributed by atoms with Gasteiger partial charge in [0.05, 0.1) is 0 Å². The highest BCUT2D eigenvalue weighted by Crippen LogP contribution is 2.18. The van der Waals surface area contributed by atoms with E-state index in [0.717, 1.165) is 25.9 Å². The summed E-state index contributed by atoms with van der Waals surface area (Å²) in [6.07, 6.45) is 2.09. The van der Waals surface area contributed by atoms with Crippen molar-refractivity contribution in [2.45, 2.75) is 19.4 Å². The molecule has 4 rings (SSSR count). The van der Waals surface area contributed by atoms with Gasteiger partial charge in [-0.15, -0.1) is 11.3 Å². The summed E-state index contributed by atoms with van der Waals surface area (Å²) in [5.41, 5.74) is 1.49. The van der Waals surface area contributed by atoms with Gasteiger partial charge in [0.15, 0.2) is 0 Å². The maximum Gasteiger partial charge on any atom is 0.275 e. The van der Waals surface area contributed by atoms with E-state index >= 15 is 0 Å². The van der Waals surface area contributed by atoms with Crippen LogP contribution in [0.4, 0.5) is 10.1 Å². The molecular weight excluding hydrogens is 405 g/mol. The minimum Gasteiger partial charge on any atom is -0.486 e. The van der Waals surface area contributed by atoms with Crippen LogP contribution < -0.4 is 10.1 Å². The van der Waals surface area contributed by atoms with Crippen LogP contribution >= 0.6 is 11.3 Å². The third-order valence-corrected chi connectivity index (χ3v) is 5.57. The van der Waals surface area contributed by atoms with Gasteiger partial charge >= 0.3 is 0 Å². The van der Waals surface area contributed by atoms with Crippen molar-refractivity contribution in [3.63, 3.8) is 0 Å². The Hall–Kier alpha value is -3.26. The van der Waals surface area contributed by atoms with Gasteiger partial charge in [0, 0.05) is 29.7 Å². The van der Waals surface area contributed by atoms with Crippen LogP contribution in [0.3, 0.4) is 0 Å². The fraction of sp³-hybridized carbons (Fsp3) is 0.227. The van der Waals surface area contributed by atoms with Crippen molar-refractivity contribution < 1.29 is 18.7 Å². The van der Waals surface area contributed by atoms with Gasteiger partial charge in [-0.05, 0) is 61.4 Å². The van der Waals surface area contributed by atoms with Gasteiger partial charge in [-0.1, -0.05) is 0 Å². The lowest BCUT2D eigenvalue weighted by Gasteiger charge is -2.15. The second kappa shape index (κ2) is 9.04. The predicted molar refractivity (Wildman–Crippen MR) is 112 cm³/mol.